The summed E-state index contributed by atoms with van der Waals surface area (Å²) in [6, 6.07) is 2.02. The molecule has 0 N–H and O–H groups in total. The maximum absolute atomic E-state index is 14.0. The van der Waals surface area contributed by atoms with Crippen LogP contribution >= 0.6 is 0 Å². The highest BCUT2D eigenvalue weighted by molar-refractivity contribution is 5.69. The second-order valence-electron chi connectivity index (χ2n) is 4.56. The van der Waals surface area contributed by atoms with Crippen LogP contribution in [0.2, 0.25) is 0 Å². The smallest absolute Gasteiger partial charge is 0.180 e. The van der Waals surface area contributed by atoms with Gasteiger partial charge in [-0.25, -0.2) is 35.1 Å². The van der Waals surface area contributed by atoms with Crippen molar-refractivity contribution in [3.63, 3.8) is 0 Å². The number of hydrogen-bond donors (Lipinski definition) is 0. The number of rotatable bonds is 2. The first-order chi connectivity index (χ1) is 12.7. The molecule has 2 aromatic rings. The number of nitrogens with zero attached hydrogens (tertiary/aromatic N) is 2. The van der Waals surface area contributed by atoms with Gasteiger partial charge < -0.3 is 0 Å². The predicted octanol–water partition coefficient (Wildman–Crippen LogP) is 5.43. The molecule has 142 valence electrons. The first-order valence-corrected chi connectivity index (χ1v) is 7.17. The lowest BCUT2D eigenvalue weighted by Crippen LogP contribution is -2.10. The van der Waals surface area contributed by atoms with E-state index in [1.54, 1.807) is 0 Å². The Morgan fingerprint density at radius 1 is 0.593 bits per heavy atom. The van der Waals surface area contributed by atoms with Crippen LogP contribution in [0.1, 0.15) is 25.0 Å². The predicted molar refractivity (Wildman–Crippen MR) is 76.9 cm³/mol. The van der Waals surface area contributed by atoms with Gasteiger partial charge in [0.05, 0.1) is 23.6 Å². The number of hydrogen-bond acceptors (Lipinski definition) is 2. The van der Waals surface area contributed by atoms with E-state index in [1.807, 2.05) is 13.8 Å². The molecule has 0 atom stereocenters. The van der Waals surface area contributed by atoms with Gasteiger partial charge in [-0.15, -0.1) is 0 Å². The van der Waals surface area contributed by atoms with E-state index in [-0.39, 0.29) is 0 Å². The molecule has 0 bridgehead atoms. The highest BCUT2D eigenvalue weighted by atomic mass is 19.2. The van der Waals surface area contributed by atoms with Crippen molar-refractivity contribution in [2.24, 2.45) is 0 Å². The van der Waals surface area contributed by atoms with Crippen LogP contribution in [0, 0.1) is 69.2 Å². The van der Waals surface area contributed by atoms with Crippen molar-refractivity contribution < 1.29 is 35.1 Å². The Bertz CT molecular complexity index is 928. The molecule has 0 amide bonds. The third-order valence-corrected chi connectivity index (χ3v) is 3.24. The minimum absolute atomic E-state index is 0.800. The summed E-state index contributed by atoms with van der Waals surface area (Å²) >= 11 is 0. The molecule has 27 heavy (non-hydrogen) atoms. The van der Waals surface area contributed by atoms with Gasteiger partial charge in [-0.05, 0) is 0 Å². The molecule has 0 radical (unpaired) electrons. The fraction of sp³-hybridized carbons (Fsp3) is 0.176. The molecule has 2 rings (SSSR count). The average molecular weight is 392 g/mol. The Hall–Kier alpha value is -3.14. The zero-order valence-electron chi connectivity index (χ0n) is 13.6. The van der Waals surface area contributed by atoms with Crippen molar-refractivity contribution in [2.45, 2.75) is 20.3 Å². The molecule has 10 heteroatoms. The van der Waals surface area contributed by atoms with E-state index in [9.17, 15) is 35.1 Å². The second-order valence-corrected chi connectivity index (χ2v) is 4.56. The number of benzene rings is 2. The highest BCUT2D eigenvalue weighted by Crippen LogP contribution is 2.37. The second kappa shape index (κ2) is 8.49. The van der Waals surface area contributed by atoms with E-state index in [4.69, 9.17) is 10.5 Å². The van der Waals surface area contributed by atoms with Gasteiger partial charge in [0.1, 0.15) is 11.6 Å². The summed E-state index contributed by atoms with van der Waals surface area (Å²) in [6.45, 7) is 4.00. The van der Waals surface area contributed by atoms with Gasteiger partial charge >= 0.3 is 0 Å². The molecule has 0 fully saturated rings. The van der Waals surface area contributed by atoms with Crippen LogP contribution in [-0.2, 0) is 6.42 Å². The van der Waals surface area contributed by atoms with Crippen LogP contribution in [0.25, 0.3) is 11.1 Å². The molecule has 0 aliphatic carbocycles. The monoisotopic (exact) mass is 392 g/mol. The topological polar surface area (TPSA) is 47.6 Å². The first kappa shape index (κ1) is 21.9. The summed E-state index contributed by atoms with van der Waals surface area (Å²) in [5.41, 5.74) is -7.20. The summed E-state index contributed by atoms with van der Waals surface area (Å²) in [5.74, 6) is -18.4. The van der Waals surface area contributed by atoms with Crippen LogP contribution in [0.4, 0.5) is 35.1 Å². The molecule has 0 saturated carbocycles. The lowest BCUT2D eigenvalue weighted by molar-refractivity contribution is 0.434. The van der Waals surface area contributed by atoms with Crippen molar-refractivity contribution in [3.05, 3.63) is 57.7 Å². The molecule has 0 heterocycles. The molecule has 0 aliphatic rings. The maximum Gasteiger partial charge on any atom is 0.180 e. The van der Waals surface area contributed by atoms with E-state index < -0.39 is 75.2 Å². The molecule has 2 nitrogen and oxygen atoms in total. The normalized spacial score (nSPS) is 9.93. The van der Waals surface area contributed by atoms with Gasteiger partial charge in [0, 0.05) is 5.56 Å². The number of halogens is 8. The molecule has 0 saturated heterocycles. The Balaban J connectivity index is 0.00000176. The molecular weight excluding hydrogens is 384 g/mol. The van der Waals surface area contributed by atoms with Gasteiger partial charge in [-0.3, -0.25) is 0 Å². The molecule has 0 spiro atoms. The Morgan fingerprint density at radius 3 is 1.22 bits per heavy atom. The van der Waals surface area contributed by atoms with Crippen LogP contribution in [0.3, 0.4) is 0 Å². The lowest BCUT2D eigenvalue weighted by Gasteiger charge is -2.13. The molecule has 2 aromatic carbocycles. The van der Waals surface area contributed by atoms with Crippen LogP contribution in [-0.4, -0.2) is 0 Å². The van der Waals surface area contributed by atoms with Crippen molar-refractivity contribution in [3.8, 4) is 23.3 Å². The minimum Gasteiger partial charge on any atom is -0.203 e. The summed E-state index contributed by atoms with van der Waals surface area (Å²) in [7, 11) is 0. The zero-order chi connectivity index (χ0) is 21.0. The van der Waals surface area contributed by atoms with E-state index >= 15 is 0 Å². The summed E-state index contributed by atoms with van der Waals surface area (Å²) in [6.07, 6.45) is -1.12. The molecule has 0 aliphatic heterocycles. The molecular formula is C17H8F8N2. The Labute approximate surface area is 147 Å². The SMILES string of the molecule is CC.N#CCc1c(F)c(F)c(-c2c(F)c(F)c(C#N)c(F)c2F)c(F)c1F. The Morgan fingerprint density at radius 2 is 0.926 bits per heavy atom. The molecule has 0 unspecified atom stereocenters. The van der Waals surface area contributed by atoms with Crippen molar-refractivity contribution in [1.29, 1.82) is 10.5 Å². The minimum atomic E-state index is -2.42. The zero-order valence-corrected chi connectivity index (χ0v) is 13.6. The van der Waals surface area contributed by atoms with E-state index in [1.165, 1.54) is 6.07 Å². The van der Waals surface area contributed by atoms with Gasteiger partial charge in [0.25, 0.3) is 0 Å². The van der Waals surface area contributed by atoms with Crippen LogP contribution in [0.5, 0.6) is 0 Å². The van der Waals surface area contributed by atoms with E-state index in [0.29, 0.717) is 0 Å². The third kappa shape index (κ3) is 3.43. The van der Waals surface area contributed by atoms with Gasteiger partial charge in [-0.1, -0.05) is 13.8 Å². The Kier molecular flexibility index (Phi) is 6.89. The maximum atomic E-state index is 14.0. The highest BCUT2D eigenvalue weighted by Gasteiger charge is 2.33. The quantitative estimate of drug-likeness (QED) is 0.505. The van der Waals surface area contributed by atoms with Crippen molar-refractivity contribution in [1.82, 2.24) is 0 Å². The van der Waals surface area contributed by atoms with Gasteiger partial charge in [0.15, 0.2) is 46.5 Å². The van der Waals surface area contributed by atoms with E-state index in [0.717, 1.165) is 6.07 Å². The standard InChI is InChI=1S/C15H2F8N2.C2H6/c16-8-4(1-2-24)9(17)13(21)6(12(8)20)7-14(22)10(18)5(3-25)11(19)15(7)23;1-2/h1H2;1-2H3. The lowest BCUT2D eigenvalue weighted by atomic mass is 9.97. The van der Waals surface area contributed by atoms with E-state index in [2.05, 4.69) is 0 Å². The van der Waals surface area contributed by atoms with Crippen molar-refractivity contribution >= 4 is 0 Å². The summed E-state index contributed by atoms with van der Waals surface area (Å²) in [5, 5.41) is 16.8. The van der Waals surface area contributed by atoms with Crippen LogP contribution < -0.4 is 0 Å². The third-order valence-electron chi connectivity index (χ3n) is 3.24. The molecule has 0 aromatic heterocycles. The largest absolute Gasteiger partial charge is 0.203 e. The van der Waals surface area contributed by atoms with Gasteiger partial charge in [0.2, 0.25) is 0 Å². The fourth-order valence-electron chi connectivity index (χ4n) is 2.08. The summed E-state index contributed by atoms with van der Waals surface area (Å²) in [4.78, 5) is 0. The number of nitriles is 2. The first-order valence-electron chi connectivity index (χ1n) is 7.17. The summed E-state index contributed by atoms with van der Waals surface area (Å²) < 4.78 is 110. The fourth-order valence-corrected chi connectivity index (χ4v) is 2.08. The van der Waals surface area contributed by atoms with Gasteiger partial charge in [-0.2, -0.15) is 10.5 Å². The van der Waals surface area contributed by atoms with Crippen LogP contribution in [0.15, 0.2) is 0 Å². The van der Waals surface area contributed by atoms with Crippen molar-refractivity contribution in [2.75, 3.05) is 0 Å². The average Bonchev–Trinajstić information content (AvgIpc) is 2.67.